The fourth-order valence-corrected chi connectivity index (χ4v) is 13.9. The van der Waals surface area contributed by atoms with Gasteiger partial charge in [0.25, 0.3) is 11.8 Å². The lowest BCUT2D eigenvalue weighted by Gasteiger charge is -2.28. The fraction of sp³-hybridized carbons (Fsp3) is 0.474. The third-order valence-electron chi connectivity index (χ3n) is 16.6. The topological polar surface area (TPSA) is 376 Å². The number of hydrogen-bond donors (Lipinski definition) is 8. The van der Waals surface area contributed by atoms with E-state index in [4.69, 9.17) is 22.3 Å². The number of nitrogen functional groups attached to an aromatic ring is 3. The van der Waals surface area contributed by atoms with Gasteiger partial charge in [-0.1, -0.05) is 57.2 Å². The molecule has 0 fully saturated rings. The van der Waals surface area contributed by atoms with E-state index in [2.05, 4.69) is 87.4 Å². The number of fused-ring (bicyclic) bond motifs is 6. The zero-order valence-electron chi connectivity index (χ0n) is 48.9. The lowest BCUT2D eigenvalue weighted by atomic mass is 9.88. The molecule has 4 unspecified atom stereocenters. The van der Waals surface area contributed by atoms with Crippen molar-refractivity contribution in [3.63, 3.8) is 0 Å². The van der Waals surface area contributed by atoms with Gasteiger partial charge in [0.15, 0.2) is 0 Å². The van der Waals surface area contributed by atoms with E-state index in [1.807, 2.05) is 28.6 Å². The first kappa shape index (κ1) is 63.8. The minimum absolute atomic E-state index is 0. The first-order valence-corrected chi connectivity index (χ1v) is 33.6. The lowest BCUT2D eigenvalue weighted by molar-refractivity contribution is -0.139. The molecule has 0 saturated heterocycles. The number of aromatic amines is 1. The van der Waals surface area contributed by atoms with Gasteiger partial charge in [-0.25, -0.2) is 30.0 Å². The number of benzene rings is 3. The van der Waals surface area contributed by atoms with E-state index < -0.39 is 37.0 Å². The molecule has 4 atom stereocenters. The number of aromatic nitrogens is 6. The van der Waals surface area contributed by atoms with Crippen molar-refractivity contribution in [2.24, 2.45) is 0 Å². The van der Waals surface area contributed by atoms with Crippen LogP contribution in [-0.4, -0.2) is 150 Å². The van der Waals surface area contributed by atoms with Crippen LogP contribution in [0.5, 0.6) is 0 Å². The number of hydrogen-bond acceptors (Lipinski definition) is 17. The quantitative estimate of drug-likeness (QED) is 0.100. The van der Waals surface area contributed by atoms with Gasteiger partial charge in [0.2, 0.25) is 20.0 Å². The maximum atomic E-state index is 13.5. The first-order valence-electron chi connectivity index (χ1n) is 28.4. The third kappa shape index (κ3) is 13.9. The molecule has 0 amide bonds. The van der Waals surface area contributed by atoms with Crippen LogP contribution in [0.15, 0.2) is 54.6 Å². The van der Waals surface area contributed by atoms with Crippen molar-refractivity contribution in [2.75, 3.05) is 91.2 Å². The molecular weight excluding hydrogens is 1150 g/mol. The van der Waals surface area contributed by atoms with Crippen LogP contribution in [-0.2, 0) is 94.0 Å². The maximum absolute atomic E-state index is 13.5. The van der Waals surface area contributed by atoms with E-state index in [9.17, 15) is 35.4 Å². The molecular formula is C57H79N15O10S3. The predicted octanol–water partition coefficient (Wildman–Crippen LogP) is 4.22. The Balaban J connectivity index is 0.000000154. The minimum Gasteiger partial charge on any atom is -0.481 e. The number of H-pyrrole nitrogens is 1. The highest BCUT2D eigenvalue weighted by Gasteiger charge is 2.37. The Kier molecular flexibility index (Phi) is 20.0. The van der Waals surface area contributed by atoms with Gasteiger partial charge >= 0.3 is 5.97 Å². The summed E-state index contributed by atoms with van der Waals surface area (Å²) in [7, 11) is -7.57. The van der Waals surface area contributed by atoms with Crippen molar-refractivity contribution >= 4 is 83.3 Å². The Bertz CT molecular complexity index is 3730. The smallest absolute Gasteiger partial charge is 0.311 e. The van der Waals surface area contributed by atoms with Crippen LogP contribution in [0.25, 0.3) is 0 Å². The second kappa shape index (κ2) is 26.6. The number of aryl methyl sites for hydroxylation is 3. The molecule has 25 nitrogen and oxygen atoms in total. The van der Waals surface area contributed by atoms with Crippen LogP contribution in [0.4, 0.5) is 34.5 Å². The standard InChI is InChI=1S/2C19H25N5O3S.C12H15NO2.C7H12N4OS.H2O/c1-3-12-4-5-16-15(10-12)13(6-8-21-16)19(25)24-17-11-23(28(2,26)27)9-7-14(17)18(20)22-24;1-3-12-4-5-16-15(10-12)13(6-8-21-16)19(25)24-18(20)14-7-9-23(28(2,26)27)11-17(14)22-24;1-2-8-3-4-11-10(7-8)9(12(14)15)5-6-13-11;1-13(12)11-3-2-5-6(4-11)9-10-7(5)8;/h4-5,10,13,21H,3,6-9,11H2,1-2H3,(H2,20,22);4-5,10,13,21H,3,6-9,11,20H2,1-2H3;3-4,7,9,13H,2,5-6H2,1H3,(H,14,15);2-4H2,1H3,(H3,8,9,10);1H2. The molecule has 3 aromatic carbocycles. The number of sulfonamides is 2. The van der Waals surface area contributed by atoms with Crippen molar-refractivity contribution in [1.82, 2.24) is 42.7 Å². The molecule has 6 aromatic rings. The van der Waals surface area contributed by atoms with E-state index in [-0.39, 0.29) is 48.1 Å². The zero-order chi connectivity index (χ0) is 60.4. The second-order valence-electron chi connectivity index (χ2n) is 21.9. The highest BCUT2D eigenvalue weighted by atomic mass is 32.2. The number of carboxylic acid groups (broad SMARTS) is 1. The number of carbonyl (C=O) groups is 3. The number of nitrogens with one attached hydrogen (secondary N) is 4. The van der Waals surface area contributed by atoms with Gasteiger partial charge in [-0.05, 0) is 109 Å². The second-order valence-corrected chi connectivity index (χ2v) is 27.2. The molecule has 0 bridgehead atoms. The van der Waals surface area contributed by atoms with Crippen molar-refractivity contribution in [1.29, 1.82) is 0 Å². The molecule has 13 N–H and O–H groups in total. The SMILES string of the molecule is CCc1ccc2c(c1)C(C(=O)O)CCN2.CCc1ccc2c(c1)C(C(=O)n1nc(N)c3c1CN(S(C)(=O)=O)CC3)CCN2.CCc1ccc2c(c1)C(C(=O)n1nc3c(c1N)CCN(S(C)(=O)=O)C3)CCN2.CS(=O)N1CCc2c(N)n[nH]c2C1.O. The Morgan fingerprint density at radius 2 is 1.08 bits per heavy atom. The lowest BCUT2D eigenvalue weighted by Crippen LogP contribution is -2.37. The largest absolute Gasteiger partial charge is 0.481 e. The van der Waals surface area contributed by atoms with Gasteiger partial charge in [-0.3, -0.25) is 19.5 Å². The zero-order valence-corrected chi connectivity index (χ0v) is 51.4. The normalized spacial score (nSPS) is 19.3. The number of anilines is 6. The van der Waals surface area contributed by atoms with Gasteiger partial charge < -0.3 is 43.7 Å². The van der Waals surface area contributed by atoms with Crippen molar-refractivity contribution in [2.45, 2.75) is 116 Å². The first-order chi connectivity index (χ1) is 40.0. The molecule has 28 heteroatoms. The van der Waals surface area contributed by atoms with Crippen LogP contribution < -0.4 is 33.2 Å². The number of nitrogens with two attached hydrogens (primary N) is 3. The van der Waals surface area contributed by atoms with Gasteiger partial charge in [0.05, 0.1) is 78.0 Å². The van der Waals surface area contributed by atoms with Crippen molar-refractivity contribution in [3.8, 4) is 0 Å². The average molecular weight is 1230 g/mol. The van der Waals surface area contributed by atoms with E-state index in [0.29, 0.717) is 93.7 Å². The Morgan fingerprint density at radius 1 is 0.624 bits per heavy atom. The van der Waals surface area contributed by atoms with E-state index in [0.717, 1.165) is 94.9 Å². The van der Waals surface area contributed by atoms with Crippen LogP contribution in [0.3, 0.4) is 0 Å². The van der Waals surface area contributed by atoms with Crippen molar-refractivity contribution in [3.05, 3.63) is 122 Å². The third-order valence-corrected chi connectivity index (χ3v) is 20.1. The average Bonchev–Trinajstić information content (AvgIpc) is 3.19. The van der Waals surface area contributed by atoms with Gasteiger partial charge in [0, 0.05) is 79.3 Å². The summed E-state index contributed by atoms with van der Waals surface area (Å²) >= 11 is 0. The van der Waals surface area contributed by atoms with Crippen molar-refractivity contribution < 1.29 is 46.0 Å². The summed E-state index contributed by atoms with van der Waals surface area (Å²) in [5, 5.41) is 34.6. The molecule has 0 spiro atoms. The molecule has 0 saturated carbocycles. The van der Waals surface area contributed by atoms with Crippen LogP contribution >= 0.6 is 0 Å². The summed E-state index contributed by atoms with van der Waals surface area (Å²) in [5.74, 6) is -0.798. The Hall–Kier alpha value is -7.21. The predicted molar refractivity (Wildman–Crippen MR) is 330 cm³/mol. The number of aliphatic carboxylic acids is 1. The summed E-state index contributed by atoms with van der Waals surface area (Å²) in [5.41, 5.74) is 32.1. The molecule has 85 heavy (non-hydrogen) atoms. The molecule has 3 aromatic heterocycles. The molecule has 6 aliphatic heterocycles. The maximum Gasteiger partial charge on any atom is 0.311 e. The van der Waals surface area contributed by atoms with Crippen LogP contribution in [0.1, 0.15) is 135 Å². The van der Waals surface area contributed by atoms with E-state index >= 15 is 0 Å². The number of carbonyl (C=O) groups excluding carboxylic acids is 2. The summed E-state index contributed by atoms with van der Waals surface area (Å²) in [6.45, 7) is 10.8. The highest BCUT2D eigenvalue weighted by Crippen LogP contribution is 2.38. The Labute approximate surface area is 498 Å². The number of carboxylic acids is 1. The molecule has 9 heterocycles. The highest BCUT2D eigenvalue weighted by molar-refractivity contribution is 7.88. The fourth-order valence-electron chi connectivity index (χ4n) is 11.7. The number of nitrogens with zero attached hydrogens (tertiary/aromatic N) is 8. The summed E-state index contributed by atoms with van der Waals surface area (Å²) < 4.78 is 66.1. The van der Waals surface area contributed by atoms with Gasteiger partial charge in [0.1, 0.15) is 17.5 Å². The molecule has 0 radical (unpaired) electrons. The monoisotopic (exact) mass is 1230 g/mol. The van der Waals surface area contributed by atoms with Gasteiger partial charge in [-0.2, -0.15) is 23.5 Å². The van der Waals surface area contributed by atoms with Crippen LogP contribution in [0, 0.1) is 0 Å². The summed E-state index contributed by atoms with van der Waals surface area (Å²) in [6, 6.07) is 18.4. The summed E-state index contributed by atoms with van der Waals surface area (Å²) in [4.78, 5) is 37.9. The molecule has 6 aliphatic rings. The summed E-state index contributed by atoms with van der Waals surface area (Å²) in [6.07, 6.45) is 10.5. The van der Waals surface area contributed by atoms with Crippen LogP contribution in [0.2, 0.25) is 0 Å². The Morgan fingerprint density at radius 3 is 1.56 bits per heavy atom. The molecule has 460 valence electrons. The molecule has 12 rings (SSSR count). The number of rotatable bonds is 9. The van der Waals surface area contributed by atoms with Gasteiger partial charge in [-0.15, -0.1) is 5.10 Å². The minimum atomic E-state index is -3.35. The molecule has 0 aliphatic carbocycles. The van der Waals surface area contributed by atoms with E-state index in [1.54, 1.807) is 6.26 Å². The van der Waals surface area contributed by atoms with E-state index in [1.165, 1.54) is 47.2 Å².